The van der Waals surface area contributed by atoms with E-state index in [1.165, 1.54) is 12.1 Å². The second-order valence-electron chi connectivity index (χ2n) is 6.04. The fraction of sp³-hybridized carbons (Fsp3) is 0.150. The van der Waals surface area contributed by atoms with Gasteiger partial charge in [-0.2, -0.15) is 10.2 Å². The van der Waals surface area contributed by atoms with Gasteiger partial charge in [0.25, 0.3) is 11.6 Å². The molecule has 8 heteroatoms. The molecule has 8 nitrogen and oxygen atoms in total. The highest BCUT2D eigenvalue weighted by atomic mass is 16.6. The minimum atomic E-state index is -0.444. The third kappa shape index (κ3) is 4.67. The van der Waals surface area contributed by atoms with Crippen LogP contribution in [0.25, 0.3) is 0 Å². The van der Waals surface area contributed by atoms with Crippen molar-refractivity contribution in [2.24, 2.45) is 5.10 Å². The normalized spacial score (nSPS) is 11.2. The zero-order chi connectivity index (χ0) is 19.9. The number of nitrogens with zero attached hydrogens (tertiary/aromatic N) is 4. The van der Waals surface area contributed by atoms with Crippen LogP contribution in [-0.2, 0) is 6.54 Å². The van der Waals surface area contributed by atoms with Crippen LogP contribution in [0.15, 0.2) is 72.0 Å². The molecule has 28 heavy (non-hydrogen) atoms. The first kappa shape index (κ1) is 19.0. The van der Waals surface area contributed by atoms with E-state index in [-0.39, 0.29) is 11.4 Å². The van der Waals surface area contributed by atoms with Crippen LogP contribution in [0.3, 0.4) is 0 Å². The third-order valence-corrected chi connectivity index (χ3v) is 4.10. The molecule has 0 atom stereocenters. The molecule has 0 unspecified atom stereocenters. The molecule has 0 aliphatic heterocycles. The average molecular weight is 377 g/mol. The fourth-order valence-electron chi connectivity index (χ4n) is 2.63. The van der Waals surface area contributed by atoms with Crippen molar-refractivity contribution in [3.05, 3.63) is 93.8 Å². The van der Waals surface area contributed by atoms with Gasteiger partial charge in [0.15, 0.2) is 5.69 Å². The SMILES string of the molecule is CC/C(=N\NC(=O)c1ccn(Cc2ccc([N+](=O)[O-])cc2)n1)c1ccccc1. The van der Waals surface area contributed by atoms with Gasteiger partial charge >= 0.3 is 0 Å². The Morgan fingerprint density at radius 1 is 1.14 bits per heavy atom. The number of hydrogen-bond acceptors (Lipinski definition) is 5. The summed E-state index contributed by atoms with van der Waals surface area (Å²) in [6.07, 6.45) is 2.36. The van der Waals surface area contributed by atoms with E-state index in [2.05, 4.69) is 15.6 Å². The summed E-state index contributed by atoms with van der Waals surface area (Å²) in [6.45, 7) is 2.37. The number of amides is 1. The lowest BCUT2D eigenvalue weighted by atomic mass is 10.1. The molecule has 1 heterocycles. The molecular weight excluding hydrogens is 358 g/mol. The second-order valence-corrected chi connectivity index (χ2v) is 6.04. The van der Waals surface area contributed by atoms with Crippen molar-refractivity contribution in [2.45, 2.75) is 19.9 Å². The Hall–Kier alpha value is -3.81. The molecular formula is C20H19N5O3. The van der Waals surface area contributed by atoms with Crippen molar-refractivity contribution in [3.8, 4) is 0 Å². The first-order chi connectivity index (χ1) is 13.6. The quantitative estimate of drug-likeness (QED) is 0.387. The number of nitrogens with one attached hydrogen (secondary N) is 1. The van der Waals surface area contributed by atoms with Crippen LogP contribution in [0.2, 0.25) is 0 Å². The Bertz CT molecular complexity index is 994. The van der Waals surface area contributed by atoms with E-state index in [0.717, 1.165) is 16.8 Å². The maximum absolute atomic E-state index is 12.3. The Kier molecular flexibility index (Phi) is 5.91. The Balaban J connectivity index is 1.65. The van der Waals surface area contributed by atoms with Crippen molar-refractivity contribution in [3.63, 3.8) is 0 Å². The summed E-state index contributed by atoms with van der Waals surface area (Å²) in [4.78, 5) is 22.6. The van der Waals surface area contributed by atoms with Gasteiger partial charge in [-0.1, -0.05) is 49.4 Å². The van der Waals surface area contributed by atoms with Crippen molar-refractivity contribution in [1.82, 2.24) is 15.2 Å². The van der Waals surface area contributed by atoms with Gasteiger partial charge in [-0.3, -0.25) is 19.6 Å². The van der Waals surface area contributed by atoms with Crippen molar-refractivity contribution >= 4 is 17.3 Å². The molecule has 0 aliphatic carbocycles. The molecule has 0 radical (unpaired) electrons. The van der Waals surface area contributed by atoms with Gasteiger partial charge in [0.05, 0.1) is 17.2 Å². The number of hydrazone groups is 1. The van der Waals surface area contributed by atoms with E-state index in [0.29, 0.717) is 13.0 Å². The van der Waals surface area contributed by atoms with E-state index in [1.54, 1.807) is 29.1 Å². The molecule has 1 aromatic heterocycles. The summed E-state index contributed by atoms with van der Waals surface area (Å²) >= 11 is 0. The van der Waals surface area contributed by atoms with E-state index in [4.69, 9.17) is 0 Å². The first-order valence-corrected chi connectivity index (χ1v) is 8.76. The number of non-ortho nitro benzene ring substituents is 1. The van der Waals surface area contributed by atoms with Crippen LogP contribution < -0.4 is 5.43 Å². The molecule has 0 bridgehead atoms. The van der Waals surface area contributed by atoms with Crippen LogP contribution >= 0.6 is 0 Å². The second kappa shape index (κ2) is 8.72. The number of aromatic nitrogens is 2. The monoisotopic (exact) mass is 377 g/mol. The zero-order valence-corrected chi connectivity index (χ0v) is 15.3. The molecule has 3 aromatic rings. The van der Waals surface area contributed by atoms with Crippen molar-refractivity contribution in [2.75, 3.05) is 0 Å². The number of benzene rings is 2. The third-order valence-electron chi connectivity index (χ3n) is 4.10. The zero-order valence-electron chi connectivity index (χ0n) is 15.3. The lowest BCUT2D eigenvalue weighted by Gasteiger charge is -2.04. The predicted molar refractivity (Wildman–Crippen MR) is 105 cm³/mol. The summed E-state index contributed by atoms with van der Waals surface area (Å²) in [5.74, 6) is -0.399. The molecule has 0 aliphatic rings. The Labute approximate surface area is 161 Å². The van der Waals surface area contributed by atoms with Crippen LogP contribution in [0.5, 0.6) is 0 Å². The summed E-state index contributed by atoms with van der Waals surface area (Å²) in [7, 11) is 0. The van der Waals surface area contributed by atoms with E-state index in [9.17, 15) is 14.9 Å². The lowest BCUT2D eigenvalue weighted by Crippen LogP contribution is -2.21. The minimum Gasteiger partial charge on any atom is -0.268 e. The number of rotatable bonds is 7. The van der Waals surface area contributed by atoms with Gasteiger partial charge in [-0.05, 0) is 23.6 Å². The number of nitro benzene ring substituents is 1. The Morgan fingerprint density at radius 3 is 2.50 bits per heavy atom. The number of carbonyl (C=O) groups excluding carboxylic acids is 1. The topological polar surface area (TPSA) is 102 Å². The van der Waals surface area contributed by atoms with Crippen LogP contribution in [0.4, 0.5) is 5.69 Å². The maximum Gasteiger partial charge on any atom is 0.291 e. The lowest BCUT2D eigenvalue weighted by molar-refractivity contribution is -0.384. The van der Waals surface area contributed by atoms with E-state index in [1.807, 2.05) is 37.3 Å². The van der Waals surface area contributed by atoms with Crippen LogP contribution in [0.1, 0.15) is 35.0 Å². The highest BCUT2D eigenvalue weighted by molar-refractivity contribution is 6.01. The van der Waals surface area contributed by atoms with Gasteiger partial charge in [0, 0.05) is 18.3 Å². The highest BCUT2D eigenvalue weighted by Gasteiger charge is 2.10. The van der Waals surface area contributed by atoms with Crippen LogP contribution in [0, 0.1) is 10.1 Å². The van der Waals surface area contributed by atoms with Crippen molar-refractivity contribution in [1.29, 1.82) is 0 Å². The highest BCUT2D eigenvalue weighted by Crippen LogP contribution is 2.13. The minimum absolute atomic E-state index is 0.0345. The standard InChI is InChI=1S/C20H19N5O3/c1-2-18(16-6-4-3-5-7-16)21-22-20(26)19-12-13-24(23-19)14-15-8-10-17(11-9-15)25(27)28/h3-13H,2,14H2,1H3,(H,22,26)/b21-18+. The Morgan fingerprint density at radius 2 is 1.86 bits per heavy atom. The predicted octanol–water partition coefficient (Wildman–Crippen LogP) is 3.38. The number of nitro groups is 1. The van der Waals surface area contributed by atoms with Gasteiger partial charge in [-0.15, -0.1) is 0 Å². The molecule has 1 N–H and O–H groups in total. The van der Waals surface area contributed by atoms with Gasteiger partial charge in [-0.25, -0.2) is 5.43 Å². The summed E-state index contributed by atoms with van der Waals surface area (Å²) in [6, 6.07) is 17.4. The summed E-state index contributed by atoms with van der Waals surface area (Å²) < 4.78 is 1.59. The molecule has 0 spiro atoms. The van der Waals surface area contributed by atoms with E-state index >= 15 is 0 Å². The fourth-order valence-corrected chi connectivity index (χ4v) is 2.63. The maximum atomic E-state index is 12.3. The molecule has 142 valence electrons. The van der Waals surface area contributed by atoms with Gasteiger partial charge < -0.3 is 0 Å². The number of hydrogen-bond donors (Lipinski definition) is 1. The first-order valence-electron chi connectivity index (χ1n) is 8.76. The smallest absolute Gasteiger partial charge is 0.268 e. The molecule has 2 aromatic carbocycles. The van der Waals surface area contributed by atoms with Crippen LogP contribution in [-0.4, -0.2) is 26.3 Å². The summed E-state index contributed by atoms with van der Waals surface area (Å²) in [5, 5.41) is 19.2. The molecule has 3 rings (SSSR count). The largest absolute Gasteiger partial charge is 0.291 e. The number of carbonyl (C=O) groups is 1. The molecule has 1 amide bonds. The van der Waals surface area contributed by atoms with Gasteiger partial charge in [0.2, 0.25) is 0 Å². The molecule has 0 saturated carbocycles. The van der Waals surface area contributed by atoms with Gasteiger partial charge in [0.1, 0.15) is 0 Å². The molecule has 0 fully saturated rings. The summed E-state index contributed by atoms with van der Waals surface area (Å²) in [5.41, 5.74) is 5.40. The molecule has 0 saturated heterocycles. The average Bonchev–Trinajstić information content (AvgIpc) is 3.18. The van der Waals surface area contributed by atoms with E-state index < -0.39 is 10.8 Å². The van der Waals surface area contributed by atoms with Crippen molar-refractivity contribution < 1.29 is 9.72 Å².